The van der Waals surface area contributed by atoms with Gasteiger partial charge in [0, 0.05) is 18.7 Å². The van der Waals surface area contributed by atoms with E-state index in [9.17, 15) is 19.5 Å². The van der Waals surface area contributed by atoms with E-state index in [0.717, 1.165) is 41.6 Å². The van der Waals surface area contributed by atoms with Crippen LogP contribution in [0, 0.1) is 0 Å². The maximum atomic E-state index is 14.0. The minimum absolute atomic E-state index is 0.0280. The summed E-state index contributed by atoms with van der Waals surface area (Å²) in [7, 11) is 0. The van der Waals surface area contributed by atoms with Crippen LogP contribution in [0.1, 0.15) is 46.3 Å². The molecule has 8 heteroatoms. The molecule has 1 aliphatic heterocycles. The topological polar surface area (TPSA) is 96.6 Å². The number of β-amino-alcohol motifs (C(OH)–C–C–N with tert-alkyl or cyclic N) is 1. The van der Waals surface area contributed by atoms with Gasteiger partial charge in [0.25, 0.3) is 5.56 Å². The first kappa shape index (κ1) is 28.3. The number of hydrogen-bond acceptors (Lipinski definition) is 6. The minimum atomic E-state index is -0.750. The number of aromatic nitrogens is 2. The Labute approximate surface area is 239 Å². The van der Waals surface area contributed by atoms with Crippen molar-refractivity contribution in [3.05, 3.63) is 134 Å². The Kier molecular flexibility index (Phi) is 9.23. The maximum absolute atomic E-state index is 14.0. The molecule has 5 rings (SSSR count). The molecule has 2 heterocycles. The molecule has 0 bridgehead atoms. The second-order valence-electron chi connectivity index (χ2n) is 10.5. The number of carbonyl (C=O) groups excluding carboxylic acids is 1. The van der Waals surface area contributed by atoms with Crippen LogP contribution in [-0.2, 0) is 13.1 Å². The van der Waals surface area contributed by atoms with Gasteiger partial charge in [0.15, 0.2) is 0 Å². The predicted molar refractivity (Wildman–Crippen MR) is 161 cm³/mol. The second-order valence-corrected chi connectivity index (χ2v) is 10.5. The van der Waals surface area contributed by atoms with Crippen molar-refractivity contribution >= 4 is 11.6 Å². The number of piperidine rings is 1. The number of carbonyl (C=O) groups is 1. The van der Waals surface area contributed by atoms with Crippen molar-refractivity contribution in [3.8, 4) is 0 Å². The molecule has 1 aromatic heterocycles. The van der Waals surface area contributed by atoms with Gasteiger partial charge in [-0.25, -0.2) is 4.79 Å². The summed E-state index contributed by atoms with van der Waals surface area (Å²) < 4.78 is 2.58. The minimum Gasteiger partial charge on any atom is -0.390 e. The van der Waals surface area contributed by atoms with Gasteiger partial charge >= 0.3 is 5.69 Å². The third-order valence-corrected chi connectivity index (χ3v) is 7.48. The Morgan fingerprint density at radius 1 is 0.756 bits per heavy atom. The highest BCUT2D eigenvalue weighted by Gasteiger charge is 2.26. The molecule has 2 N–H and O–H groups in total. The molecule has 4 aromatic rings. The number of hydrogen-bond donors (Lipinski definition) is 2. The van der Waals surface area contributed by atoms with Crippen molar-refractivity contribution in [2.45, 2.75) is 38.5 Å². The highest BCUT2D eigenvalue weighted by molar-refractivity contribution is 6.11. The zero-order valence-electron chi connectivity index (χ0n) is 23.1. The van der Waals surface area contributed by atoms with E-state index in [1.54, 1.807) is 30.3 Å². The molecule has 8 nitrogen and oxygen atoms in total. The first-order chi connectivity index (χ1) is 20.0. The quantitative estimate of drug-likeness (QED) is 0.276. The van der Waals surface area contributed by atoms with Crippen LogP contribution in [0.4, 0.5) is 5.82 Å². The van der Waals surface area contributed by atoms with E-state index in [-0.39, 0.29) is 31.0 Å². The summed E-state index contributed by atoms with van der Waals surface area (Å²) in [5, 5.41) is 14.1. The van der Waals surface area contributed by atoms with Crippen molar-refractivity contribution < 1.29 is 9.90 Å². The van der Waals surface area contributed by atoms with Crippen molar-refractivity contribution in [2.24, 2.45) is 0 Å². The molecular weight excluding hydrogens is 516 g/mol. The molecule has 1 unspecified atom stereocenters. The van der Waals surface area contributed by atoms with Gasteiger partial charge < -0.3 is 15.3 Å². The molecule has 41 heavy (non-hydrogen) atoms. The SMILES string of the molecule is O=C(c1ccccc1)c1c(NCC(O)CN2CCCCC2)n(Cc2ccccc2)c(=O)n(Cc2ccccc2)c1=O. The molecule has 212 valence electrons. The Bertz CT molecular complexity index is 1560. The number of aliphatic hydroxyl groups excluding tert-OH is 1. The van der Waals surface area contributed by atoms with Crippen molar-refractivity contribution in [1.82, 2.24) is 14.0 Å². The van der Waals surface area contributed by atoms with Crippen LogP contribution in [-0.4, -0.2) is 57.2 Å². The number of anilines is 1. The highest BCUT2D eigenvalue weighted by atomic mass is 16.3. The van der Waals surface area contributed by atoms with E-state index in [1.807, 2.05) is 60.7 Å². The third kappa shape index (κ3) is 6.90. The first-order valence-corrected chi connectivity index (χ1v) is 14.2. The van der Waals surface area contributed by atoms with E-state index in [0.29, 0.717) is 12.1 Å². The largest absolute Gasteiger partial charge is 0.390 e. The lowest BCUT2D eigenvalue weighted by Gasteiger charge is -2.29. The summed E-state index contributed by atoms with van der Waals surface area (Å²) in [5.41, 5.74) is 0.652. The lowest BCUT2D eigenvalue weighted by molar-refractivity contribution is 0.103. The molecule has 0 spiro atoms. The van der Waals surface area contributed by atoms with Gasteiger partial charge in [-0.05, 0) is 37.1 Å². The lowest BCUT2D eigenvalue weighted by Crippen LogP contribution is -2.45. The van der Waals surface area contributed by atoms with E-state index in [1.165, 1.54) is 11.0 Å². The third-order valence-electron chi connectivity index (χ3n) is 7.48. The molecule has 3 aromatic carbocycles. The fourth-order valence-corrected chi connectivity index (χ4v) is 5.36. The Hall–Kier alpha value is -4.27. The van der Waals surface area contributed by atoms with Crippen LogP contribution in [0.2, 0.25) is 0 Å². The van der Waals surface area contributed by atoms with Crippen LogP contribution in [0.25, 0.3) is 0 Å². The number of likely N-dealkylation sites (tertiary alicyclic amines) is 1. The number of nitrogens with zero attached hydrogens (tertiary/aromatic N) is 3. The smallest absolute Gasteiger partial charge is 0.333 e. The number of ketones is 1. The number of rotatable bonds is 11. The Balaban J connectivity index is 1.61. The standard InChI is InChI=1S/C33H36N4O4/c38-28(24-35-19-11-4-12-20-35)21-34-31-29(30(39)27-17-9-3-10-18-27)32(40)37(23-26-15-7-2-8-16-26)33(41)36(31)22-25-13-5-1-6-14-25/h1-3,5-10,13-18,28,34,38H,4,11-12,19-24H2. The molecule has 1 aliphatic rings. The average molecular weight is 553 g/mol. The average Bonchev–Trinajstić information content (AvgIpc) is 3.01. The lowest BCUT2D eigenvalue weighted by atomic mass is 10.0. The second kappa shape index (κ2) is 13.4. The van der Waals surface area contributed by atoms with Gasteiger partial charge in [0.05, 0.1) is 19.2 Å². The summed E-state index contributed by atoms with van der Waals surface area (Å²) >= 11 is 0. The number of aliphatic hydroxyl groups is 1. The Morgan fingerprint density at radius 2 is 1.29 bits per heavy atom. The van der Waals surface area contributed by atoms with Gasteiger partial charge in [-0.15, -0.1) is 0 Å². The van der Waals surface area contributed by atoms with E-state index >= 15 is 0 Å². The van der Waals surface area contributed by atoms with Crippen LogP contribution < -0.4 is 16.6 Å². The molecule has 1 saturated heterocycles. The molecule has 0 radical (unpaired) electrons. The van der Waals surface area contributed by atoms with E-state index < -0.39 is 23.1 Å². The summed E-state index contributed by atoms with van der Waals surface area (Å²) in [4.78, 5) is 44.2. The van der Waals surface area contributed by atoms with Crippen LogP contribution in [0.3, 0.4) is 0 Å². The predicted octanol–water partition coefficient (Wildman–Crippen LogP) is 3.60. The van der Waals surface area contributed by atoms with Crippen molar-refractivity contribution in [1.29, 1.82) is 0 Å². The van der Waals surface area contributed by atoms with Gasteiger partial charge in [-0.1, -0.05) is 97.4 Å². The van der Waals surface area contributed by atoms with Gasteiger partial charge in [-0.2, -0.15) is 0 Å². The Morgan fingerprint density at radius 3 is 1.88 bits per heavy atom. The first-order valence-electron chi connectivity index (χ1n) is 14.2. The zero-order chi connectivity index (χ0) is 28.6. The fraction of sp³-hybridized carbons (Fsp3) is 0.303. The summed E-state index contributed by atoms with van der Waals surface area (Å²) in [6.45, 7) is 2.60. The van der Waals surface area contributed by atoms with Gasteiger partial charge in [-0.3, -0.25) is 18.7 Å². The summed E-state index contributed by atoms with van der Waals surface area (Å²) in [6.07, 6.45) is 2.65. The molecule has 0 saturated carbocycles. The van der Waals surface area contributed by atoms with Crippen molar-refractivity contribution in [2.75, 3.05) is 31.5 Å². The molecule has 0 aliphatic carbocycles. The van der Waals surface area contributed by atoms with Crippen LogP contribution in [0.5, 0.6) is 0 Å². The molecule has 0 amide bonds. The summed E-state index contributed by atoms with van der Waals surface area (Å²) in [6, 6.07) is 27.3. The number of benzene rings is 3. The van der Waals surface area contributed by atoms with Crippen molar-refractivity contribution in [3.63, 3.8) is 0 Å². The van der Waals surface area contributed by atoms with E-state index in [2.05, 4.69) is 10.2 Å². The maximum Gasteiger partial charge on any atom is 0.333 e. The molecule has 1 fully saturated rings. The normalized spacial score (nSPS) is 14.5. The van der Waals surface area contributed by atoms with Gasteiger partial charge in [0.2, 0.25) is 5.78 Å². The van der Waals surface area contributed by atoms with Crippen LogP contribution >= 0.6 is 0 Å². The van der Waals surface area contributed by atoms with Gasteiger partial charge in [0.1, 0.15) is 11.4 Å². The molecule has 1 atom stereocenters. The zero-order valence-corrected chi connectivity index (χ0v) is 23.1. The number of nitrogens with one attached hydrogen (secondary N) is 1. The van der Waals surface area contributed by atoms with Crippen LogP contribution in [0.15, 0.2) is 101 Å². The van der Waals surface area contributed by atoms with E-state index in [4.69, 9.17) is 0 Å². The fourth-order valence-electron chi connectivity index (χ4n) is 5.36. The highest BCUT2D eigenvalue weighted by Crippen LogP contribution is 2.18. The monoisotopic (exact) mass is 552 g/mol. The summed E-state index contributed by atoms with van der Waals surface area (Å²) in [5.74, 6) is -0.355. The molecular formula is C33H36N4O4.